The molecule has 1 aliphatic rings. The van der Waals surface area contributed by atoms with E-state index in [0.717, 1.165) is 22.7 Å². The second-order valence-electron chi connectivity index (χ2n) is 13.8. The fraction of sp³-hybridized carbons (Fsp3) is 0.0833. The van der Waals surface area contributed by atoms with Crippen LogP contribution in [0.1, 0.15) is 22.3 Å². The van der Waals surface area contributed by atoms with Gasteiger partial charge < -0.3 is 9.80 Å². The van der Waals surface area contributed by atoms with Crippen molar-refractivity contribution in [2.75, 3.05) is 9.80 Å². The predicted octanol–water partition coefficient (Wildman–Crippen LogP) is 13.8. The summed E-state index contributed by atoms with van der Waals surface area (Å²) in [5, 5.41) is 5.01. The molecule has 0 unspecified atom stereocenters. The van der Waals surface area contributed by atoms with Gasteiger partial charge in [0.15, 0.2) is 0 Å². The molecule has 0 aliphatic heterocycles. The number of hydrogen-bond donors (Lipinski definition) is 0. The van der Waals surface area contributed by atoms with E-state index in [0.29, 0.717) is 0 Å². The van der Waals surface area contributed by atoms with Crippen LogP contribution in [0.15, 0.2) is 158 Å². The summed E-state index contributed by atoms with van der Waals surface area (Å²) in [6.45, 7) is 8.72. The van der Waals surface area contributed by atoms with Gasteiger partial charge in [-0.05, 0) is 179 Å². The molecule has 8 aromatic carbocycles. The molecule has 0 fully saturated rings. The first-order valence-corrected chi connectivity index (χ1v) is 17.4. The molecule has 0 atom stereocenters. The lowest BCUT2D eigenvalue weighted by molar-refractivity contribution is 1.24. The molecule has 0 saturated heterocycles. The molecule has 2 nitrogen and oxygen atoms in total. The van der Waals surface area contributed by atoms with Gasteiger partial charge in [-0.25, -0.2) is 0 Å². The van der Waals surface area contributed by atoms with E-state index in [4.69, 9.17) is 0 Å². The van der Waals surface area contributed by atoms with Gasteiger partial charge in [-0.2, -0.15) is 0 Å². The molecule has 2 heteroatoms. The SMILES string of the molecule is Cc1ccc(C)c(N(c2ccccc2)c2ccc3cc4c(cc3c2)-c2cc3ccc(N(c5ccccc5)c5cc(C)ccc5C)cc3cc2-4)c1. The van der Waals surface area contributed by atoms with Gasteiger partial charge in [0.1, 0.15) is 0 Å². The lowest BCUT2D eigenvalue weighted by Crippen LogP contribution is -2.11. The summed E-state index contributed by atoms with van der Waals surface area (Å²) in [5.41, 5.74) is 17.4. The fourth-order valence-electron chi connectivity index (χ4n) is 7.61. The molecule has 1 aliphatic carbocycles. The third-order valence-corrected chi connectivity index (χ3v) is 10.3. The Balaban J connectivity index is 1.12. The Labute approximate surface area is 294 Å². The van der Waals surface area contributed by atoms with Crippen LogP contribution in [-0.4, -0.2) is 0 Å². The number of benzene rings is 8. The van der Waals surface area contributed by atoms with Crippen molar-refractivity contribution in [2.24, 2.45) is 0 Å². The smallest absolute Gasteiger partial charge is 0.0493 e. The van der Waals surface area contributed by atoms with Crippen molar-refractivity contribution in [1.82, 2.24) is 0 Å². The van der Waals surface area contributed by atoms with Gasteiger partial charge in [0.05, 0.1) is 0 Å². The molecule has 8 aromatic rings. The van der Waals surface area contributed by atoms with E-state index in [9.17, 15) is 0 Å². The number of hydrogen-bond acceptors (Lipinski definition) is 2. The molecule has 50 heavy (non-hydrogen) atoms. The van der Waals surface area contributed by atoms with E-state index in [1.54, 1.807) is 0 Å². The van der Waals surface area contributed by atoms with Gasteiger partial charge in [-0.1, -0.05) is 72.8 Å². The van der Waals surface area contributed by atoms with Crippen molar-refractivity contribution in [3.05, 3.63) is 180 Å². The Morgan fingerprint density at radius 2 is 0.680 bits per heavy atom. The molecule has 0 aromatic heterocycles. The van der Waals surface area contributed by atoms with E-state index in [-0.39, 0.29) is 0 Å². The minimum atomic E-state index is 1.16. The Morgan fingerprint density at radius 3 is 1.08 bits per heavy atom. The molecule has 0 amide bonds. The van der Waals surface area contributed by atoms with Crippen LogP contribution in [0, 0.1) is 27.7 Å². The summed E-state index contributed by atoms with van der Waals surface area (Å²) in [7, 11) is 0. The second-order valence-corrected chi connectivity index (χ2v) is 13.8. The van der Waals surface area contributed by atoms with Crippen LogP contribution in [0.5, 0.6) is 0 Å². The topological polar surface area (TPSA) is 6.48 Å². The third-order valence-electron chi connectivity index (χ3n) is 10.3. The molecule has 240 valence electrons. The Kier molecular flexibility index (Phi) is 7.07. The Bertz CT molecular complexity index is 2390. The number of nitrogens with zero attached hydrogens (tertiary/aromatic N) is 2. The number of aryl methyl sites for hydroxylation is 4. The molecule has 0 bridgehead atoms. The zero-order chi connectivity index (χ0) is 33.9. The first-order chi connectivity index (χ1) is 24.4. The molecule has 0 heterocycles. The maximum atomic E-state index is 2.39. The van der Waals surface area contributed by atoms with Crippen LogP contribution in [0.2, 0.25) is 0 Å². The normalized spacial score (nSPS) is 11.6. The van der Waals surface area contributed by atoms with Gasteiger partial charge in [0.2, 0.25) is 0 Å². The second kappa shape index (κ2) is 11.8. The largest absolute Gasteiger partial charge is 0.310 e. The van der Waals surface area contributed by atoms with E-state index in [2.05, 4.69) is 195 Å². The summed E-state index contributed by atoms with van der Waals surface area (Å²) >= 11 is 0. The maximum Gasteiger partial charge on any atom is 0.0493 e. The van der Waals surface area contributed by atoms with Gasteiger partial charge in [0.25, 0.3) is 0 Å². The van der Waals surface area contributed by atoms with Crippen molar-refractivity contribution in [3.63, 3.8) is 0 Å². The lowest BCUT2D eigenvalue weighted by atomic mass is 9.78. The van der Waals surface area contributed by atoms with Gasteiger partial charge in [-0.3, -0.25) is 0 Å². The molecule has 0 radical (unpaired) electrons. The standard InChI is InChI=1S/C48H38N2/c1-31-15-17-33(3)47(23-31)49(39-11-7-5-8-12-39)41-21-19-35-27-43-45(29-37(35)25-41)44-28-36-20-22-42(26-38(36)30-46(43)44)50(40-13-9-6-10-14-40)48-24-32(2)16-18-34(48)4/h5-30H,1-4H3. The Morgan fingerprint density at radius 1 is 0.300 bits per heavy atom. The van der Waals surface area contributed by atoms with Crippen LogP contribution in [0.3, 0.4) is 0 Å². The van der Waals surface area contributed by atoms with Crippen LogP contribution >= 0.6 is 0 Å². The average molecular weight is 643 g/mol. The minimum absolute atomic E-state index is 1.16. The fourth-order valence-corrected chi connectivity index (χ4v) is 7.61. The van der Waals surface area contributed by atoms with Crippen molar-refractivity contribution in [2.45, 2.75) is 27.7 Å². The number of rotatable bonds is 6. The van der Waals surface area contributed by atoms with Crippen LogP contribution in [-0.2, 0) is 0 Å². The van der Waals surface area contributed by atoms with Crippen molar-refractivity contribution < 1.29 is 0 Å². The highest BCUT2D eigenvalue weighted by molar-refractivity contribution is 6.12. The van der Waals surface area contributed by atoms with E-state index in [1.807, 2.05) is 0 Å². The maximum absolute atomic E-state index is 2.39. The molecular formula is C48H38N2. The van der Waals surface area contributed by atoms with Gasteiger partial charge in [-0.15, -0.1) is 0 Å². The summed E-state index contributed by atoms with van der Waals surface area (Å²) in [5.74, 6) is 0. The number of fused-ring (bicyclic) bond motifs is 6. The summed E-state index contributed by atoms with van der Waals surface area (Å²) in [6, 6.07) is 58.1. The van der Waals surface area contributed by atoms with Gasteiger partial charge >= 0.3 is 0 Å². The first kappa shape index (κ1) is 30.0. The number of para-hydroxylation sites is 2. The molecule has 0 saturated carbocycles. The van der Waals surface area contributed by atoms with Crippen LogP contribution < -0.4 is 9.80 Å². The van der Waals surface area contributed by atoms with Crippen molar-refractivity contribution >= 4 is 55.7 Å². The van der Waals surface area contributed by atoms with Gasteiger partial charge in [0, 0.05) is 34.1 Å². The highest BCUT2D eigenvalue weighted by Crippen LogP contribution is 2.51. The van der Waals surface area contributed by atoms with E-state index < -0.39 is 0 Å². The van der Waals surface area contributed by atoms with Crippen molar-refractivity contribution in [3.8, 4) is 22.3 Å². The first-order valence-electron chi connectivity index (χ1n) is 17.4. The van der Waals surface area contributed by atoms with Crippen molar-refractivity contribution in [1.29, 1.82) is 0 Å². The molecule has 9 rings (SSSR count). The predicted molar refractivity (Wildman–Crippen MR) is 214 cm³/mol. The summed E-state index contributed by atoms with van der Waals surface area (Å²) in [4.78, 5) is 4.77. The zero-order valence-corrected chi connectivity index (χ0v) is 28.9. The molecule has 0 spiro atoms. The quantitative estimate of drug-likeness (QED) is 0.178. The van der Waals surface area contributed by atoms with E-state index >= 15 is 0 Å². The Hall–Kier alpha value is -6.12. The monoisotopic (exact) mass is 642 g/mol. The lowest BCUT2D eigenvalue weighted by Gasteiger charge is -2.29. The highest BCUT2D eigenvalue weighted by atomic mass is 15.1. The summed E-state index contributed by atoms with van der Waals surface area (Å²) < 4.78 is 0. The van der Waals surface area contributed by atoms with E-state index in [1.165, 1.54) is 77.4 Å². The zero-order valence-electron chi connectivity index (χ0n) is 28.9. The minimum Gasteiger partial charge on any atom is -0.310 e. The third kappa shape index (κ3) is 5.04. The number of anilines is 6. The van der Waals surface area contributed by atoms with Crippen LogP contribution in [0.4, 0.5) is 34.1 Å². The summed E-state index contributed by atoms with van der Waals surface area (Å²) in [6.07, 6.45) is 0. The molecule has 0 N–H and O–H groups in total. The highest BCUT2D eigenvalue weighted by Gasteiger charge is 2.25. The molecular weight excluding hydrogens is 605 g/mol. The average Bonchev–Trinajstić information content (AvgIpc) is 3.14. The van der Waals surface area contributed by atoms with Crippen LogP contribution in [0.25, 0.3) is 43.8 Å².